The molecule has 1 aliphatic rings. The summed E-state index contributed by atoms with van der Waals surface area (Å²) < 4.78 is 31.9. The topological polar surface area (TPSA) is 70.0 Å². The fraction of sp³-hybridized carbons (Fsp3) is 0.462. The number of aliphatic hydroxyl groups is 2. The molecule has 0 aliphatic carbocycles. The van der Waals surface area contributed by atoms with Gasteiger partial charge in [-0.15, -0.1) is 0 Å². The molecule has 0 aromatic heterocycles. The Morgan fingerprint density at radius 3 is 2.45 bits per heavy atom. The van der Waals surface area contributed by atoms with Crippen LogP contribution in [-0.2, 0) is 0 Å². The molecule has 0 bridgehead atoms. The number of methoxy groups -OCH3 is 1. The number of ether oxygens (including phenoxy) is 1. The van der Waals surface area contributed by atoms with E-state index in [1.165, 1.54) is 0 Å². The minimum Gasteiger partial charge on any atom is -0.491 e. The molecule has 1 aromatic rings. The van der Waals surface area contributed by atoms with E-state index in [2.05, 4.69) is 4.74 Å². The first-order valence-corrected chi connectivity index (χ1v) is 6.11. The summed E-state index contributed by atoms with van der Waals surface area (Å²) in [6, 6.07) is 1.95. The molecule has 20 heavy (non-hydrogen) atoms. The molecule has 1 heterocycles. The lowest BCUT2D eigenvalue weighted by Gasteiger charge is -2.33. The van der Waals surface area contributed by atoms with Gasteiger partial charge in [0.1, 0.15) is 0 Å². The number of rotatable bonds is 2. The predicted octanol–water partition coefficient (Wildman–Crippen LogP) is 0.541. The fourth-order valence-electron chi connectivity index (χ4n) is 2.27. The summed E-state index contributed by atoms with van der Waals surface area (Å²) >= 11 is 0. The summed E-state index contributed by atoms with van der Waals surface area (Å²) in [5.41, 5.74) is -0.357. The van der Waals surface area contributed by atoms with Gasteiger partial charge in [0.2, 0.25) is 0 Å². The molecule has 1 aromatic carbocycles. The number of amides is 1. The van der Waals surface area contributed by atoms with Crippen LogP contribution in [0.15, 0.2) is 12.1 Å². The lowest BCUT2D eigenvalue weighted by atomic mass is 10.0. The molecule has 1 fully saturated rings. The standard InChI is InChI=1S/C13H15F2NO4/c1-20-12-10(14)3-2-9(11(12)15)13(19)16-5-7(17)4-8(18)6-16/h2-3,7-8,17-18H,4-6H2,1H3/t7-,8-/m1/s1. The number of hydrogen-bond donors (Lipinski definition) is 2. The van der Waals surface area contributed by atoms with Crippen molar-refractivity contribution in [3.05, 3.63) is 29.3 Å². The van der Waals surface area contributed by atoms with Crippen LogP contribution < -0.4 is 4.74 Å². The van der Waals surface area contributed by atoms with Gasteiger partial charge in [-0.3, -0.25) is 4.79 Å². The molecule has 110 valence electrons. The van der Waals surface area contributed by atoms with Crippen LogP contribution in [0.4, 0.5) is 8.78 Å². The second-order valence-corrected chi connectivity index (χ2v) is 4.70. The van der Waals surface area contributed by atoms with Crippen molar-refractivity contribution in [3.8, 4) is 5.75 Å². The van der Waals surface area contributed by atoms with Gasteiger partial charge in [0.25, 0.3) is 5.91 Å². The van der Waals surface area contributed by atoms with Crippen LogP contribution in [-0.4, -0.2) is 53.4 Å². The van der Waals surface area contributed by atoms with E-state index in [-0.39, 0.29) is 25.1 Å². The third kappa shape index (κ3) is 2.73. The summed E-state index contributed by atoms with van der Waals surface area (Å²) in [5, 5.41) is 19.1. The summed E-state index contributed by atoms with van der Waals surface area (Å²) in [6.45, 7) is -0.00987. The molecular formula is C13H15F2NO4. The van der Waals surface area contributed by atoms with Crippen LogP contribution in [0.2, 0.25) is 0 Å². The number of benzene rings is 1. The van der Waals surface area contributed by atoms with Gasteiger partial charge in [0, 0.05) is 19.5 Å². The number of likely N-dealkylation sites (tertiary alicyclic amines) is 1. The van der Waals surface area contributed by atoms with E-state index in [1.807, 2.05) is 0 Å². The van der Waals surface area contributed by atoms with Crippen LogP contribution >= 0.6 is 0 Å². The van der Waals surface area contributed by atoms with Crippen molar-refractivity contribution < 1.29 is 28.5 Å². The number of β-amino-alcohol motifs (C(OH)–C–C–N with tert-alkyl or cyclic N) is 2. The van der Waals surface area contributed by atoms with Crippen molar-refractivity contribution in [2.75, 3.05) is 20.2 Å². The highest BCUT2D eigenvalue weighted by molar-refractivity contribution is 5.95. The summed E-state index contributed by atoms with van der Waals surface area (Å²) in [5.74, 6) is -3.35. The van der Waals surface area contributed by atoms with E-state index in [4.69, 9.17) is 0 Å². The van der Waals surface area contributed by atoms with Gasteiger partial charge in [-0.1, -0.05) is 0 Å². The van der Waals surface area contributed by atoms with E-state index in [1.54, 1.807) is 0 Å². The van der Waals surface area contributed by atoms with Crippen LogP contribution in [0.5, 0.6) is 5.75 Å². The minimum atomic E-state index is -1.09. The van der Waals surface area contributed by atoms with Crippen molar-refractivity contribution in [1.82, 2.24) is 4.90 Å². The van der Waals surface area contributed by atoms with Crippen LogP contribution in [0.1, 0.15) is 16.8 Å². The molecule has 2 rings (SSSR count). The summed E-state index contributed by atoms with van der Waals surface area (Å²) in [4.78, 5) is 13.3. The van der Waals surface area contributed by atoms with E-state index in [0.29, 0.717) is 0 Å². The Hall–Kier alpha value is -1.73. The molecule has 2 atom stereocenters. The van der Waals surface area contributed by atoms with Gasteiger partial charge in [-0.2, -0.15) is 0 Å². The second-order valence-electron chi connectivity index (χ2n) is 4.70. The Morgan fingerprint density at radius 2 is 1.90 bits per heavy atom. The van der Waals surface area contributed by atoms with E-state index < -0.39 is 35.5 Å². The number of carbonyl (C=O) groups excluding carboxylic acids is 1. The zero-order valence-electron chi connectivity index (χ0n) is 10.8. The Bertz CT molecular complexity index is 513. The molecule has 5 nitrogen and oxygen atoms in total. The van der Waals surface area contributed by atoms with Crippen molar-refractivity contribution in [1.29, 1.82) is 0 Å². The molecule has 2 N–H and O–H groups in total. The van der Waals surface area contributed by atoms with E-state index in [9.17, 15) is 23.8 Å². The van der Waals surface area contributed by atoms with Crippen molar-refractivity contribution in [2.45, 2.75) is 18.6 Å². The zero-order valence-corrected chi connectivity index (χ0v) is 10.8. The molecule has 1 amide bonds. The number of halogens is 2. The highest BCUT2D eigenvalue weighted by Gasteiger charge is 2.30. The number of carbonyl (C=O) groups is 1. The summed E-state index contributed by atoms with van der Waals surface area (Å²) in [6.07, 6.45) is -1.57. The smallest absolute Gasteiger partial charge is 0.257 e. The van der Waals surface area contributed by atoms with E-state index in [0.717, 1.165) is 24.1 Å². The number of aliphatic hydroxyl groups excluding tert-OH is 2. The molecule has 0 saturated carbocycles. The first kappa shape index (κ1) is 14.7. The average molecular weight is 287 g/mol. The molecular weight excluding hydrogens is 272 g/mol. The predicted molar refractivity (Wildman–Crippen MR) is 65.4 cm³/mol. The Labute approximate surface area is 114 Å². The molecule has 7 heteroatoms. The highest BCUT2D eigenvalue weighted by atomic mass is 19.1. The number of nitrogens with zero attached hydrogens (tertiary/aromatic N) is 1. The van der Waals surface area contributed by atoms with Gasteiger partial charge >= 0.3 is 0 Å². The first-order valence-electron chi connectivity index (χ1n) is 6.11. The van der Waals surface area contributed by atoms with Crippen LogP contribution in [0.3, 0.4) is 0 Å². The lowest BCUT2D eigenvalue weighted by Crippen LogP contribution is -2.48. The normalized spacial score (nSPS) is 22.8. The average Bonchev–Trinajstić information content (AvgIpc) is 2.37. The van der Waals surface area contributed by atoms with Crippen LogP contribution in [0, 0.1) is 11.6 Å². The van der Waals surface area contributed by atoms with Crippen molar-refractivity contribution >= 4 is 5.91 Å². The maximum absolute atomic E-state index is 14.0. The number of hydrogen-bond acceptors (Lipinski definition) is 4. The Kier molecular flexibility index (Phi) is 4.20. The minimum absolute atomic E-state index is 0.00494. The van der Waals surface area contributed by atoms with Gasteiger partial charge in [0.15, 0.2) is 17.4 Å². The molecule has 1 aliphatic heterocycles. The quantitative estimate of drug-likeness (QED) is 0.833. The molecule has 0 radical (unpaired) electrons. The lowest BCUT2D eigenvalue weighted by molar-refractivity contribution is -0.00407. The SMILES string of the molecule is COc1c(F)ccc(C(=O)N2C[C@H](O)C[C@@H](O)C2)c1F. The highest BCUT2D eigenvalue weighted by Crippen LogP contribution is 2.26. The monoisotopic (exact) mass is 287 g/mol. The van der Waals surface area contributed by atoms with Gasteiger partial charge in [-0.05, 0) is 12.1 Å². The van der Waals surface area contributed by atoms with Gasteiger partial charge in [0.05, 0.1) is 24.9 Å². The molecule has 0 unspecified atom stereocenters. The Morgan fingerprint density at radius 1 is 1.30 bits per heavy atom. The maximum atomic E-state index is 14.0. The second kappa shape index (κ2) is 5.72. The molecule has 1 saturated heterocycles. The van der Waals surface area contributed by atoms with Gasteiger partial charge in [-0.25, -0.2) is 8.78 Å². The van der Waals surface area contributed by atoms with E-state index >= 15 is 0 Å². The largest absolute Gasteiger partial charge is 0.491 e. The zero-order chi connectivity index (χ0) is 14.9. The fourth-order valence-corrected chi connectivity index (χ4v) is 2.27. The first-order chi connectivity index (χ1) is 9.43. The van der Waals surface area contributed by atoms with Crippen molar-refractivity contribution in [2.24, 2.45) is 0 Å². The Balaban J connectivity index is 2.29. The third-order valence-corrected chi connectivity index (χ3v) is 3.18. The third-order valence-electron chi connectivity index (χ3n) is 3.18. The van der Waals surface area contributed by atoms with Crippen molar-refractivity contribution in [3.63, 3.8) is 0 Å². The summed E-state index contributed by atoms with van der Waals surface area (Å²) in [7, 11) is 1.10. The number of piperidine rings is 1. The maximum Gasteiger partial charge on any atom is 0.257 e. The van der Waals surface area contributed by atoms with Gasteiger partial charge < -0.3 is 19.8 Å². The molecule has 0 spiro atoms. The van der Waals surface area contributed by atoms with Crippen LogP contribution in [0.25, 0.3) is 0 Å².